The molecule has 0 bridgehead atoms. The Morgan fingerprint density at radius 1 is 0.833 bits per heavy atom. The molecule has 0 aromatic heterocycles. The Labute approximate surface area is 287 Å². The number of carboxylic acids is 1. The molecule has 2 aliphatic rings. The first kappa shape index (κ1) is 36.0. The third kappa shape index (κ3) is 10.3. The topological polar surface area (TPSA) is 129 Å². The normalized spacial score (nSPS) is 21.1. The molecule has 1 amide bonds. The molecular weight excluding hydrogens is 632 g/mol. The van der Waals surface area contributed by atoms with Crippen molar-refractivity contribution in [2.75, 3.05) is 19.6 Å². The number of halogens is 1. The van der Waals surface area contributed by atoms with E-state index in [1.165, 1.54) is 0 Å². The Morgan fingerprint density at radius 3 is 2.10 bits per heavy atom. The zero-order valence-electron chi connectivity index (χ0n) is 27.4. The van der Waals surface area contributed by atoms with Gasteiger partial charge >= 0.3 is 5.97 Å². The Morgan fingerprint density at radius 2 is 1.46 bits per heavy atom. The van der Waals surface area contributed by atoms with Crippen molar-refractivity contribution in [2.24, 2.45) is 0 Å². The first-order valence-corrected chi connectivity index (χ1v) is 17.4. The number of aliphatic carboxylic acids is 1. The number of piperidine rings is 1. The molecule has 3 atom stereocenters. The van der Waals surface area contributed by atoms with E-state index in [9.17, 15) is 19.8 Å². The summed E-state index contributed by atoms with van der Waals surface area (Å²) in [5, 5.41) is 33.3. The first-order valence-electron chi connectivity index (χ1n) is 17.0. The predicted octanol–water partition coefficient (Wildman–Crippen LogP) is 6.40. The fourth-order valence-electron chi connectivity index (χ4n) is 6.47. The summed E-state index contributed by atoms with van der Waals surface area (Å²) in [4.78, 5) is 25.3. The van der Waals surface area contributed by atoms with Gasteiger partial charge in [0, 0.05) is 56.0 Å². The lowest BCUT2D eigenvalue weighted by molar-refractivity contribution is -0.253. The molecule has 3 aromatic carbocycles. The Kier molecular flexibility index (Phi) is 13.0. The highest BCUT2D eigenvalue weighted by molar-refractivity contribution is 6.30. The third-order valence-electron chi connectivity index (χ3n) is 9.43. The quantitative estimate of drug-likeness (QED) is 0.136. The van der Waals surface area contributed by atoms with E-state index >= 15 is 0 Å². The average molecular weight is 679 g/mol. The number of aliphatic hydroxyl groups excluding tert-OH is 1. The van der Waals surface area contributed by atoms with Crippen molar-refractivity contribution >= 4 is 23.5 Å². The molecule has 2 heterocycles. The van der Waals surface area contributed by atoms with Crippen LogP contribution < -0.4 is 5.32 Å². The van der Waals surface area contributed by atoms with Gasteiger partial charge in [0.05, 0.1) is 24.4 Å². The van der Waals surface area contributed by atoms with Gasteiger partial charge in [-0.3, -0.25) is 9.59 Å². The number of carboxylic acid groups (broad SMARTS) is 1. The lowest BCUT2D eigenvalue weighted by Crippen LogP contribution is -2.46. The number of unbranched alkanes of at least 4 members (excludes halogenated alkanes) is 3. The molecule has 9 nitrogen and oxygen atoms in total. The summed E-state index contributed by atoms with van der Waals surface area (Å²) in [6.45, 7) is 2.60. The smallest absolute Gasteiger partial charge is 0.303 e. The Bertz CT molecular complexity index is 1460. The highest BCUT2D eigenvalue weighted by Gasteiger charge is 2.37. The third-order valence-corrected chi connectivity index (χ3v) is 9.68. The molecule has 258 valence electrons. The summed E-state index contributed by atoms with van der Waals surface area (Å²) in [5.74, 6) is -0.796. The maximum absolute atomic E-state index is 12.3. The number of amides is 1. The molecule has 2 aliphatic heterocycles. The van der Waals surface area contributed by atoms with Crippen molar-refractivity contribution in [3.05, 3.63) is 106 Å². The summed E-state index contributed by atoms with van der Waals surface area (Å²) >= 11 is 6.07. The number of likely N-dealkylation sites (tertiary alicyclic amines) is 1. The van der Waals surface area contributed by atoms with Gasteiger partial charge in [-0.2, -0.15) is 0 Å². The number of ether oxygens (including phenoxy) is 2. The summed E-state index contributed by atoms with van der Waals surface area (Å²) in [6, 6.07) is 23.2. The SMILES string of the molecule is O=C(O)CCCCCCC(=O)NCc1ccc([C@H]2O[C@@H](CN3CCC(O)(c4ccc(Cl)cc4)CC3)C[C@@H](c3ccc(CO)cc3)O2)cc1. The van der Waals surface area contributed by atoms with Gasteiger partial charge in [-0.25, -0.2) is 0 Å². The molecule has 5 rings (SSSR count). The van der Waals surface area contributed by atoms with Gasteiger partial charge in [-0.15, -0.1) is 0 Å². The summed E-state index contributed by atoms with van der Waals surface area (Å²) in [5.41, 5.74) is 3.76. The van der Waals surface area contributed by atoms with Crippen molar-refractivity contribution < 1.29 is 34.4 Å². The highest BCUT2D eigenvalue weighted by atomic mass is 35.5. The van der Waals surface area contributed by atoms with Gasteiger partial charge in [0.2, 0.25) is 5.91 Å². The Hall–Kier alpha value is -3.31. The number of rotatable bonds is 15. The molecule has 3 aromatic rings. The number of carbonyl (C=O) groups is 2. The second-order valence-electron chi connectivity index (χ2n) is 13.0. The molecule has 4 N–H and O–H groups in total. The fraction of sp³-hybridized carbons (Fsp3) is 0.474. The van der Waals surface area contributed by atoms with Crippen molar-refractivity contribution in [3.8, 4) is 0 Å². The largest absolute Gasteiger partial charge is 0.481 e. The van der Waals surface area contributed by atoms with E-state index in [4.69, 9.17) is 26.2 Å². The van der Waals surface area contributed by atoms with Crippen LogP contribution >= 0.6 is 11.6 Å². The van der Waals surface area contributed by atoms with Gasteiger partial charge < -0.3 is 35.0 Å². The van der Waals surface area contributed by atoms with Crippen molar-refractivity contribution in [2.45, 2.75) is 95.0 Å². The van der Waals surface area contributed by atoms with E-state index in [2.05, 4.69) is 10.2 Å². The number of nitrogens with one attached hydrogen (secondary N) is 1. The van der Waals surface area contributed by atoms with Crippen LogP contribution in [0.25, 0.3) is 0 Å². The van der Waals surface area contributed by atoms with E-state index < -0.39 is 17.9 Å². The number of aliphatic hydroxyl groups is 2. The minimum absolute atomic E-state index is 0.0150. The first-order chi connectivity index (χ1) is 23.2. The summed E-state index contributed by atoms with van der Waals surface area (Å²) < 4.78 is 13.1. The number of carbonyl (C=O) groups excluding carboxylic acids is 1. The van der Waals surface area contributed by atoms with Crippen LogP contribution in [0.3, 0.4) is 0 Å². The van der Waals surface area contributed by atoms with Crippen molar-refractivity contribution in [1.82, 2.24) is 10.2 Å². The monoisotopic (exact) mass is 678 g/mol. The van der Waals surface area contributed by atoms with Gasteiger partial charge in [-0.05, 0) is 60.1 Å². The van der Waals surface area contributed by atoms with E-state index in [-0.39, 0.29) is 31.1 Å². The van der Waals surface area contributed by atoms with Crippen molar-refractivity contribution in [1.29, 1.82) is 0 Å². The second-order valence-corrected chi connectivity index (χ2v) is 13.5. The van der Waals surface area contributed by atoms with Gasteiger partial charge in [0.25, 0.3) is 0 Å². The average Bonchev–Trinajstić information content (AvgIpc) is 3.10. The maximum Gasteiger partial charge on any atom is 0.303 e. The molecule has 10 heteroatoms. The number of hydrogen-bond acceptors (Lipinski definition) is 7. The van der Waals surface area contributed by atoms with Gasteiger partial charge in [0.1, 0.15) is 0 Å². The fourth-order valence-corrected chi connectivity index (χ4v) is 6.60. The van der Waals surface area contributed by atoms with Crippen LogP contribution in [0.1, 0.15) is 98.0 Å². The van der Waals surface area contributed by atoms with Crippen LogP contribution in [0.15, 0.2) is 72.8 Å². The van der Waals surface area contributed by atoms with Crippen LogP contribution in [0.2, 0.25) is 5.02 Å². The number of benzene rings is 3. The molecule has 0 aliphatic carbocycles. The zero-order valence-corrected chi connectivity index (χ0v) is 28.1. The molecule has 0 unspecified atom stereocenters. The van der Waals surface area contributed by atoms with E-state index in [0.717, 1.165) is 60.2 Å². The van der Waals surface area contributed by atoms with Crippen LogP contribution in [0, 0.1) is 0 Å². The molecule has 2 fully saturated rings. The van der Waals surface area contributed by atoms with Gasteiger partial charge in [0.15, 0.2) is 6.29 Å². The molecule has 0 spiro atoms. The molecule has 2 saturated heterocycles. The highest BCUT2D eigenvalue weighted by Crippen LogP contribution is 2.39. The molecule has 48 heavy (non-hydrogen) atoms. The molecular formula is C38H47ClN2O7. The van der Waals surface area contributed by atoms with E-state index in [0.29, 0.717) is 50.2 Å². The van der Waals surface area contributed by atoms with Crippen LogP contribution in [0.5, 0.6) is 0 Å². The van der Waals surface area contributed by atoms with Crippen LogP contribution in [-0.2, 0) is 37.8 Å². The number of hydrogen-bond donors (Lipinski definition) is 4. The maximum atomic E-state index is 12.3. The molecule has 0 radical (unpaired) electrons. The summed E-state index contributed by atoms with van der Waals surface area (Å²) in [7, 11) is 0. The minimum Gasteiger partial charge on any atom is -0.481 e. The van der Waals surface area contributed by atoms with Gasteiger partial charge in [-0.1, -0.05) is 85.1 Å². The zero-order chi connectivity index (χ0) is 33.9. The van der Waals surface area contributed by atoms with E-state index in [1.807, 2.05) is 72.8 Å². The lowest BCUT2D eigenvalue weighted by Gasteiger charge is -2.42. The predicted molar refractivity (Wildman–Crippen MR) is 183 cm³/mol. The summed E-state index contributed by atoms with van der Waals surface area (Å²) in [6.07, 6.45) is 4.69. The minimum atomic E-state index is -0.873. The number of nitrogens with zero attached hydrogens (tertiary/aromatic N) is 1. The van der Waals surface area contributed by atoms with Crippen LogP contribution in [0.4, 0.5) is 0 Å². The second kappa shape index (κ2) is 17.4. The Balaban J connectivity index is 1.17. The lowest BCUT2D eigenvalue weighted by atomic mass is 9.84. The van der Waals surface area contributed by atoms with Crippen molar-refractivity contribution in [3.63, 3.8) is 0 Å². The van der Waals surface area contributed by atoms with Crippen LogP contribution in [-0.4, -0.2) is 57.8 Å². The standard InChI is InChI=1S/C38H47ClN2O7/c39-32-17-15-31(16-18-32)38(46)19-21-41(22-20-38)25-33-23-34(29-11-9-28(26-42)10-12-29)48-37(47-33)30-13-7-27(8-14-30)24-40-35(43)5-3-1-2-4-6-36(44)45/h7-18,33-34,37,42,46H,1-6,19-26H2,(H,40,43)(H,44,45)/t33-,34+,37+/m1/s1. The molecule has 0 saturated carbocycles. The van der Waals surface area contributed by atoms with E-state index in [1.54, 1.807) is 0 Å².